The highest BCUT2D eigenvalue weighted by Gasteiger charge is 2.28. The summed E-state index contributed by atoms with van der Waals surface area (Å²) in [5.41, 5.74) is 3.97. The van der Waals surface area contributed by atoms with E-state index in [1.807, 2.05) is 36.4 Å². The zero-order valence-corrected chi connectivity index (χ0v) is 12.8. The third kappa shape index (κ3) is 2.29. The number of rotatable bonds is 3. The summed E-state index contributed by atoms with van der Waals surface area (Å²) in [6.07, 6.45) is 3.77. The molecule has 1 aliphatic rings. The number of imidazole rings is 1. The van der Waals surface area contributed by atoms with Crippen LogP contribution in [0.15, 0.2) is 48.8 Å². The van der Waals surface area contributed by atoms with Crippen LogP contribution in [0.1, 0.15) is 18.3 Å². The molecule has 0 fully saturated rings. The van der Waals surface area contributed by atoms with Gasteiger partial charge in [0.2, 0.25) is 0 Å². The number of pyridine rings is 1. The third-order valence-corrected chi connectivity index (χ3v) is 4.24. The van der Waals surface area contributed by atoms with Gasteiger partial charge in [0.1, 0.15) is 17.7 Å². The Labute approximate surface area is 134 Å². The minimum Gasteiger partial charge on any atom is -0.497 e. The van der Waals surface area contributed by atoms with Crippen LogP contribution in [0.25, 0.3) is 22.5 Å². The molecule has 3 heterocycles. The first-order valence-electron chi connectivity index (χ1n) is 7.61. The second-order valence-electron chi connectivity index (χ2n) is 5.59. The lowest BCUT2D eigenvalue weighted by molar-refractivity contribution is 0.176. The van der Waals surface area contributed by atoms with Crippen molar-refractivity contribution in [1.29, 1.82) is 0 Å². The Morgan fingerprint density at radius 1 is 1.09 bits per heavy atom. The predicted molar refractivity (Wildman–Crippen MR) is 87.0 cm³/mol. The smallest absolute Gasteiger partial charge is 0.138 e. The summed E-state index contributed by atoms with van der Waals surface area (Å²) in [5, 5.41) is 10.2. The van der Waals surface area contributed by atoms with Crippen molar-refractivity contribution in [2.75, 3.05) is 7.11 Å². The fourth-order valence-electron chi connectivity index (χ4n) is 3.08. The van der Waals surface area contributed by atoms with Crippen molar-refractivity contribution in [2.24, 2.45) is 0 Å². The first-order chi connectivity index (χ1) is 11.3. The van der Waals surface area contributed by atoms with Crippen molar-refractivity contribution in [3.8, 4) is 28.3 Å². The van der Waals surface area contributed by atoms with Gasteiger partial charge in [-0.05, 0) is 42.8 Å². The number of hydrogen-bond donors (Lipinski definition) is 1. The van der Waals surface area contributed by atoms with Gasteiger partial charge < -0.3 is 14.4 Å². The highest BCUT2D eigenvalue weighted by atomic mass is 16.5. The first kappa shape index (κ1) is 14.0. The van der Waals surface area contributed by atoms with E-state index in [0.717, 1.165) is 40.6 Å². The molecule has 1 unspecified atom stereocenters. The minimum atomic E-state index is -0.498. The lowest BCUT2D eigenvalue weighted by Crippen LogP contribution is -1.96. The van der Waals surface area contributed by atoms with Crippen LogP contribution in [0, 0.1) is 0 Å². The minimum absolute atomic E-state index is 0.498. The Bertz CT molecular complexity index is 825. The van der Waals surface area contributed by atoms with Gasteiger partial charge in [0.05, 0.1) is 18.5 Å². The predicted octanol–water partition coefficient (Wildman–Crippen LogP) is 3.06. The number of benzene rings is 1. The van der Waals surface area contributed by atoms with Crippen LogP contribution in [0.3, 0.4) is 0 Å². The molecule has 4 rings (SSSR count). The molecule has 0 radical (unpaired) electrons. The number of aromatic nitrogens is 3. The Morgan fingerprint density at radius 2 is 1.83 bits per heavy atom. The van der Waals surface area contributed by atoms with Crippen molar-refractivity contribution < 1.29 is 9.84 Å². The average Bonchev–Trinajstić information content (AvgIpc) is 3.16. The first-order valence-corrected chi connectivity index (χ1v) is 7.61. The van der Waals surface area contributed by atoms with Crippen molar-refractivity contribution >= 4 is 0 Å². The zero-order chi connectivity index (χ0) is 15.8. The maximum absolute atomic E-state index is 10.2. The summed E-state index contributed by atoms with van der Waals surface area (Å²) in [6, 6.07) is 11.8. The van der Waals surface area contributed by atoms with Crippen LogP contribution in [0.4, 0.5) is 0 Å². The Kier molecular flexibility index (Phi) is 3.35. The third-order valence-electron chi connectivity index (χ3n) is 4.24. The molecule has 1 aromatic carbocycles. The molecule has 0 bridgehead atoms. The summed E-state index contributed by atoms with van der Waals surface area (Å²) in [5.74, 6) is 1.55. The van der Waals surface area contributed by atoms with Crippen molar-refractivity contribution in [1.82, 2.24) is 14.5 Å². The highest BCUT2D eigenvalue weighted by Crippen LogP contribution is 2.38. The molecule has 5 nitrogen and oxygen atoms in total. The summed E-state index contributed by atoms with van der Waals surface area (Å²) in [4.78, 5) is 8.82. The molecule has 0 saturated carbocycles. The van der Waals surface area contributed by atoms with Crippen molar-refractivity contribution in [2.45, 2.75) is 19.1 Å². The molecule has 2 aromatic heterocycles. The molecule has 116 valence electrons. The molecule has 5 heteroatoms. The van der Waals surface area contributed by atoms with Gasteiger partial charge >= 0.3 is 0 Å². The molecule has 0 spiro atoms. The van der Waals surface area contributed by atoms with E-state index < -0.39 is 6.10 Å². The summed E-state index contributed by atoms with van der Waals surface area (Å²) < 4.78 is 7.34. The SMILES string of the molecule is COc1ccc(-c2nc3n(c2-c2ccncc2)CCC3O)cc1. The van der Waals surface area contributed by atoms with Crippen LogP contribution in [-0.2, 0) is 6.54 Å². The maximum atomic E-state index is 10.2. The van der Waals surface area contributed by atoms with E-state index in [9.17, 15) is 5.11 Å². The number of nitrogens with zero attached hydrogens (tertiary/aromatic N) is 3. The monoisotopic (exact) mass is 307 g/mol. The van der Waals surface area contributed by atoms with Gasteiger partial charge in [-0.1, -0.05) is 0 Å². The number of ether oxygens (including phenoxy) is 1. The lowest BCUT2D eigenvalue weighted by atomic mass is 10.1. The van der Waals surface area contributed by atoms with E-state index >= 15 is 0 Å². The number of methoxy groups -OCH3 is 1. The van der Waals surface area contributed by atoms with Gasteiger partial charge in [-0.25, -0.2) is 4.98 Å². The van der Waals surface area contributed by atoms with E-state index in [-0.39, 0.29) is 0 Å². The van der Waals surface area contributed by atoms with Crippen LogP contribution in [0.5, 0.6) is 5.75 Å². The van der Waals surface area contributed by atoms with E-state index in [1.54, 1.807) is 19.5 Å². The molecule has 1 N–H and O–H groups in total. The fraction of sp³-hybridized carbons (Fsp3) is 0.222. The Hall–Kier alpha value is -2.66. The van der Waals surface area contributed by atoms with E-state index in [0.29, 0.717) is 6.42 Å². The molecule has 1 atom stereocenters. The number of aliphatic hydroxyl groups is 1. The quantitative estimate of drug-likeness (QED) is 0.808. The Morgan fingerprint density at radius 3 is 2.52 bits per heavy atom. The van der Waals surface area contributed by atoms with Crippen molar-refractivity contribution in [3.63, 3.8) is 0 Å². The molecule has 0 aliphatic carbocycles. The summed E-state index contributed by atoms with van der Waals surface area (Å²) >= 11 is 0. The number of fused-ring (bicyclic) bond motifs is 1. The average molecular weight is 307 g/mol. The van der Waals surface area contributed by atoms with Crippen LogP contribution < -0.4 is 4.74 Å². The molecular weight excluding hydrogens is 290 g/mol. The summed E-state index contributed by atoms with van der Waals surface area (Å²) in [7, 11) is 1.65. The van der Waals surface area contributed by atoms with Crippen LogP contribution in [0.2, 0.25) is 0 Å². The van der Waals surface area contributed by atoms with E-state index in [1.165, 1.54) is 0 Å². The van der Waals surface area contributed by atoms with Crippen LogP contribution >= 0.6 is 0 Å². The van der Waals surface area contributed by atoms with Gasteiger partial charge in [0, 0.05) is 30.1 Å². The normalized spacial score (nSPS) is 16.3. The highest BCUT2D eigenvalue weighted by molar-refractivity contribution is 5.79. The molecule has 3 aromatic rings. The second-order valence-corrected chi connectivity index (χ2v) is 5.59. The molecule has 1 aliphatic heterocycles. The Balaban J connectivity index is 1.91. The lowest BCUT2D eigenvalue weighted by Gasteiger charge is -2.08. The molecule has 0 amide bonds. The molecule has 0 saturated heterocycles. The largest absolute Gasteiger partial charge is 0.497 e. The van der Waals surface area contributed by atoms with E-state index in [2.05, 4.69) is 9.55 Å². The van der Waals surface area contributed by atoms with Gasteiger partial charge in [-0.15, -0.1) is 0 Å². The van der Waals surface area contributed by atoms with Gasteiger partial charge in [-0.2, -0.15) is 0 Å². The van der Waals surface area contributed by atoms with E-state index in [4.69, 9.17) is 9.72 Å². The van der Waals surface area contributed by atoms with Crippen LogP contribution in [-0.4, -0.2) is 26.8 Å². The number of hydrogen-bond acceptors (Lipinski definition) is 4. The van der Waals surface area contributed by atoms with Gasteiger partial charge in [0.25, 0.3) is 0 Å². The van der Waals surface area contributed by atoms with Crippen molar-refractivity contribution in [3.05, 3.63) is 54.6 Å². The van der Waals surface area contributed by atoms with Gasteiger partial charge in [-0.3, -0.25) is 4.98 Å². The molecule has 23 heavy (non-hydrogen) atoms. The van der Waals surface area contributed by atoms with Gasteiger partial charge in [0.15, 0.2) is 0 Å². The maximum Gasteiger partial charge on any atom is 0.138 e. The standard InChI is InChI=1S/C18H17N3O2/c1-23-14-4-2-12(3-5-14)16-17(13-6-9-19-10-7-13)21-11-8-15(22)18(21)20-16/h2-7,9-10,15,22H,8,11H2,1H3. The molecular formula is C18H17N3O2. The topological polar surface area (TPSA) is 60.2 Å². The second kappa shape index (κ2) is 5.52. The summed E-state index contributed by atoms with van der Waals surface area (Å²) in [6.45, 7) is 0.775. The number of aliphatic hydroxyl groups excluding tert-OH is 1. The zero-order valence-electron chi connectivity index (χ0n) is 12.8. The fourth-order valence-corrected chi connectivity index (χ4v) is 3.08.